The number of hydrogen-bond donors (Lipinski definition) is 2. The molecule has 1 aliphatic heterocycles. The van der Waals surface area contributed by atoms with E-state index in [4.69, 9.17) is 24.0 Å². The Morgan fingerprint density at radius 3 is 2.20 bits per heavy atom. The van der Waals surface area contributed by atoms with Crippen LogP contribution in [0.25, 0.3) is 11.4 Å². The second-order valence-electron chi connectivity index (χ2n) is 8.89. The van der Waals surface area contributed by atoms with E-state index in [9.17, 15) is 9.18 Å². The van der Waals surface area contributed by atoms with Crippen LogP contribution in [0.3, 0.4) is 0 Å². The first-order valence-corrected chi connectivity index (χ1v) is 12.3. The fourth-order valence-electron chi connectivity index (χ4n) is 4.67. The first kappa shape index (κ1) is 26.5. The average Bonchev–Trinajstić information content (AvgIpc) is 3.39. The van der Waals surface area contributed by atoms with E-state index >= 15 is 0 Å². The Morgan fingerprint density at radius 2 is 1.57 bits per heavy atom. The Balaban J connectivity index is 1.67. The number of carbonyl (C=O) groups is 1. The molecule has 0 aliphatic carbocycles. The van der Waals surface area contributed by atoms with Crippen molar-refractivity contribution in [1.82, 2.24) is 14.8 Å². The van der Waals surface area contributed by atoms with Crippen LogP contribution in [0.15, 0.2) is 71.9 Å². The van der Waals surface area contributed by atoms with Gasteiger partial charge in [-0.3, -0.25) is 4.79 Å². The molecule has 0 radical (unpaired) electrons. The largest absolute Gasteiger partial charge is 0.495 e. The summed E-state index contributed by atoms with van der Waals surface area (Å²) in [5.41, 5.74) is 2.71. The number of anilines is 2. The van der Waals surface area contributed by atoms with Crippen LogP contribution in [0.4, 0.5) is 16.0 Å². The van der Waals surface area contributed by atoms with Crippen molar-refractivity contribution < 1.29 is 28.1 Å². The molecule has 0 spiro atoms. The highest BCUT2D eigenvalue weighted by molar-refractivity contribution is 6.06. The van der Waals surface area contributed by atoms with Gasteiger partial charge >= 0.3 is 0 Å². The lowest BCUT2D eigenvalue weighted by Crippen LogP contribution is -2.31. The quantitative estimate of drug-likeness (QED) is 0.317. The first-order chi connectivity index (χ1) is 19.4. The highest BCUT2D eigenvalue weighted by Crippen LogP contribution is 2.44. The van der Waals surface area contributed by atoms with Crippen LogP contribution in [0, 0.1) is 5.82 Å². The van der Waals surface area contributed by atoms with Gasteiger partial charge in [0.2, 0.25) is 11.7 Å². The molecule has 3 aromatic carbocycles. The second kappa shape index (κ2) is 11.0. The normalized spacial score (nSPS) is 14.2. The molecule has 11 heteroatoms. The van der Waals surface area contributed by atoms with E-state index in [-0.39, 0.29) is 11.7 Å². The number of methoxy groups -OCH3 is 4. The number of rotatable bonds is 8. The molecule has 1 atom stereocenters. The number of nitrogens with zero attached hydrogens (tertiary/aromatic N) is 3. The fourth-order valence-corrected chi connectivity index (χ4v) is 4.67. The van der Waals surface area contributed by atoms with Crippen molar-refractivity contribution in [1.29, 1.82) is 0 Å². The minimum Gasteiger partial charge on any atom is -0.495 e. The summed E-state index contributed by atoms with van der Waals surface area (Å²) < 4.78 is 37.3. The summed E-state index contributed by atoms with van der Waals surface area (Å²) in [7, 11) is 6.10. The summed E-state index contributed by atoms with van der Waals surface area (Å²) in [6.45, 7) is 1.79. The first-order valence-electron chi connectivity index (χ1n) is 12.3. The number of fused-ring (bicyclic) bond motifs is 1. The molecule has 1 aliphatic rings. The lowest BCUT2D eigenvalue weighted by molar-refractivity contribution is -0.113. The molecule has 4 aromatic rings. The highest BCUT2D eigenvalue weighted by atomic mass is 19.1. The molecule has 0 fully saturated rings. The molecule has 10 nitrogen and oxygen atoms in total. The summed E-state index contributed by atoms with van der Waals surface area (Å²) in [6, 6.07) is 15.8. The number of para-hydroxylation sites is 2. The van der Waals surface area contributed by atoms with E-state index in [2.05, 4.69) is 15.6 Å². The van der Waals surface area contributed by atoms with Crippen LogP contribution in [0.5, 0.6) is 23.0 Å². The molecule has 2 heterocycles. The van der Waals surface area contributed by atoms with E-state index < -0.39 is 6.04 Å². The topological polar surface area (TPSA) is 109 Å². The molecule has 1 unspecified atom stereocenters. The van der Waals surface area contributed by atoms with Crippen LogP contribution < -0.4 is 29.6 Å². The van der Waals surface area contributed by atoms with Crippen molar-refractivity contribution in [3.63, 3.8) is 0 Å². The smallest absolute Gasteiger partial charge is 0.255 e. The third kappa shape index (κ3) is 4.77. The summed E-state index contributed by atoms with van der Waals surface area (Å²) in [5, 5.41) is 10.9. The van der Waals surface area contributed by atoms with Crippen molar-refractivity contribution in [2.24, 2.45) is 0 Å². The third-order valence-electron chi connectivity index (χ3n) is 6.56. The predicted molar refractivity (Wildman–Crippen MR) is 148 cm³/mol. The number of benzene rings is 3. The van der Waals surface area contributed by atoms with E-state index in [1.807, 2.05) is 6.07 Å². The fraction of sp³-hybridized carbons (Fsp3) is 0.207. The van der Waals surface area contributed by atoms with Crippen LogP contribution in [-0.4, -0.2) is 49.1 Å². The van der Waals surface area contributed by atoms with E-state index in [1.165, 1.54) is 40.6 Å². The number of amides is 1. The van der Waals surface area contributed by atoms with Gasteiger partial charge in [-0.05, 0) is 61.0 Å². The van der Waals surface area contributed by atoms with Crippen molar-refractivity contribution in [3.05, 3.63) is 83.3 Å². The Bertz CT molecular complexity index is 1570. The second-order valence-corrected chi connectivity index (χ2v) is 8.89. The zero-order valence-electron chi connectivity index (χ0n) is 22.6. The monoisotopic (exact) mass is 545 g/mol. The predicted octanol–water partition coefficient (Wildman–Crippen LogP) is 5.05. The average molecular weight is 546 g/mol. The maximum atomic E-state index is 13.9. The van der Waals surface area contributed by atoms with Gasteiger partial charge in [0.15, 0.2) is 17.3 Å². The molecule has 5 rings (SSSR count). The zero-order valence-corrected chi connectivity index (χ0v) is 22.6. The minimum absolute atomic E-state index is 0.360. The Labute approximate surface area is 230 Å². The van der Waals surface area contributed by atoms with Crippen molar-refractivity contribution in [2.75, 3.05) is 39.1 Å². The maximum absolute atomic E-state index is 13.9. The maximum Gasteiger partial charge on any atom is 0.255 e. The molecule has 2 N–H and O–H groups in total. The summed E-state index contributed by atoms with van der Waals surface area (Å²) in [5.74, 6) is 1.78. The van der Waals surface area contributed by atoms with Crippen LogP contribution in [-0.2, 0) is 4.79 Å². The Morgan fingerprint density at radius 1 is 0.925 bits per heavy atom. The minimum atomic E-state index is -0.749. The van der Waals surface area contributed by atoms with E-state index in [1.54, 1.807) is 54.1 Å². The lowest BCUT2D eigenvalue weighted by atomic mass is 9.94. The lowest BCUT2D eigenvalue weighted by Gasteiger charge is -2.29. The molecular weight excluding hydrogens is 517 g/mol. The molecule has 1 aromatic heterocycles. The van der Waals surface area contributed by atoms with E-state index in [0.717, 1.165) is 0 Å². The van der Waals surface area contributed by atoms with E-state index in [0.29, 0.717) is 62.9 Å². The van der Waals surface area contributed by atoms with Crippen molar-refractivity contribution in [3.8, 4) is 34.4 Å². The zero-order chi connectivity index (χ0) is 28.4. The van der Waals surface area contributed by atoms with Gasteiger partial charge in [-0.25, -0.2) is 9.07 Å². The number of allylic oxidation sites excluding steroid dienone is 1. The van der Waals surface area contributed by atoms with Gasteiger partial charge in [0.25, 0.3) is 5.91 Å². The molecule has 0 saturated heterocycles. The van der Waals surface area contributed by atoms with Gasteiger partial charge < -0.3 is 29.6 Å². The van der Waals surface area contributed by atoms with Crippen LogP contribution in [0.2, 0.25) is 0 Å². The van der Waals surface area contributed by atoms with Gasteiger partial charge in [-0.1, -0.05) is 12.1 Å². The van der Waals surface area contributed by atoms with Gasteiger partial charge in [0, 0.05) is 11.3 Å². The van der Waals surface area contributed by atoms with Gasteiger partial charge in [0.05, 0.1) is 39.7 Å². The van der Waals surface area contributed by atoms with Gasteiger partial charge in [-0.15, -0.1) is 5.10 Å². The number of carbonyl (C=O) groups excluding carboxylic acids is 1. The van der Waals surface area contributed by atoms with Gasteiger partial charge in [0.1, 0.15) is 17.6 Å². The van der Waals surface area contributed by atoms with Gasteiger partial charge in [-0.2, -0.15) is 4.98 Å². The number of nitrogens with one attached hydrogen (secondary N) is 2. The van der Waals surface area contributed by atoms with Crippen LogP contribution >= 0.6 is 0 Å². The number of ether oxygens (including phenoxy) is 4. The molecule has 0 bridgehead atoms. The molecule has 1 amide bonds. The summed E-state index contributed by atoms with van der Waals surface area (Å²) in [6.07, 6.45) is 0. The van der Waals surface area contributed by atoms with Crippen molar-refractivity contribution >= 4 is 17.5 Å². The SMILES string of the molecule is COc1ccccc1NC(=O)C1=C(C)Nc2nc(-c3ccc(F)cc3)nn2C1c1cc(OC)c(OC)c(OC)c1. The standard InChI is InChI=1S/C29H28FN5O5/c1-16-24(28(36)32-20-8-6-7-9-21(20)37-2)25(18-14-22(38-3)26(40-5)23(15-18)39-4)35-29(31-16)33-27(34-35)17-10-12-19(30)13-11-17/h6-15,25H,1-5H3,(H,32,36)(H,31,33,34). The third-order valence-corrected chi connectivity index (χ3v) is 6.56. The Hall–Kier alpha value is -5.06. The molecule has 40 heavy (non-hydrogen) atoms. The number of aromatic nitrogens is 3. The summed E-state index contributed by atoms with van der Waals surface area (Å²) >= 11 is 0. The Kier molecular flexibility index (Phi) is 7.28. The number of hydrogen-bond acceptors (Lipinski definition) is 8. The summed E-state index contributed by atoms with van der Waals surface area (Å²) in [4.78, 5) is 18.6. The van der Waals surface area contributed by atoms with Crippen molar-refractivity contribution in [2.45, 2.75) is 13.0 Å². The molecular formula is C29H28FN5O5. The molecule has 206 valence electrons. The van der Waals surface area contributed by atoms with Crippen LogP contribution in [0.1, 0.15) is 18.5 Å². The highest BCUT2D eigenvalue weighted by Gasteiger charge is 2.36. The molecule has 0 saturated carbocycles. The number of halogens is 1.